The van der Waals surface area contributed by atoms with Crippen LogP contribution in [-0.4, -0.2) is 26.0 Å². The molecule has 26 heavy (non-hydrogen) atoms. The summed E-state index contributed by atoms with van der Waals surface area (Å²) in [6, 6.07) is 8.69. The normalized spacial score (nSPS) is 14.4. The Morgan fingerprint density at radius 2 is 1.92 bits per heavy atom. The van der Waals surface area contributed by atoms with Gasteiger partial charge in [-0.15, -0.1) is 11.3 Å². The van der Waals surface area contributed by atoms with Crippen LogP contribution in [0, 0.1) is 5.92 Å². The van der Waals surface area contributed by atoms with Gasteiger partial charge in [-0.25, -0.2) is 0 Å². The van der Waals surface area contributed by atoms with Gasteiger partial charge in [0.05, 0.1) is 30.1 Å². The first-order chi connectivity index (χ1) is 12.5. The molecule has 1 saturated carbocycles. The molecule has 1 aromatic carbocycles. The van der Waals surface area contributed by atoms with Crippen molar-refractivity contribution in [2.45, 2.75) is 25.8 Å². The first-order valence-corrected chi connectivity index (χ1v) is 9.27. The number of methoxy groups -OCH3 is 2. The summed E-state index contributed by atoms with van der Waals surface area (Å²) in [5, 5.41) is 6.52. The zero-order chi connectivity index (χ0) is 18.7. The average molecular weight is 374 g/mol. The van der Waals surface area contributed by atoms with E-state index in [1.54, 1.807) is 26.4 Å². The number of ether oxygens (including phenoxy) is 2. The minimum atomic E-state index is -0.265. The maximum atomic E-state index is 12.5. The fourth-order valence-corrected chi connectivity index (χ4v) is 3.43. The van der Waals surface area contributed by atoms with Crippen LogP contribution in [0.3, 0.4) is 0 Å². The van der Waals surface area contributed by atoms with Gasteiger partial charge in [0.25, 0.3) is 5.91 Å². The zero-order valence-corrected chi connectivity index (χ0v) is 15.8. The highest BCUT2D eigenvalue weighted by molar-refractivity contribution is 7.18. The third-order valence-corrected chi connectivity index (χ3v) is 5.27. The SMILES string of the molecule is COc1ccc(OC)c(C(C)NC(=O)c2ccc(NC(=O)C3CC3)s2)c1. The summed E-state index contributed by atoms with van der Waals surface area (Å²) in [5.74, 6) is 1.35. The zero-order valence-electron chi connectivity index (χ0n) is 15.0. The van der Waals surface area contributed by atoms with Gasteiger partial charge in [-0.3, -0.25) is 9.59 Å². The van der Waals surface area contributed by atoms with Crippen LogP contribution in [0.25, 0.3) is 0 Å². The quantitative estimate of drug-likeness (QED) is 0.776. The van der Waals surface area contributed by atoms with E-state index in [4.69, 9.17) is 9.47 Å². The molecule has 0 spiro atoms. The minimum Gasteiger partial charge on any atom is -0.497 e. The van der Waals surface area contributed by atoms with Crippen molar-refractivity contribution in [3.63, 3.8) is 0 Å². The molecule has 0 radical (unpaired) electrons. The lowest BCUT2D eigenvalue weighted by atomic mass is 10.1. The molecule has 1 fully saturated rings. The van der Waals surface area contributed by atoms with Gasteiger partial charge in [-0.1, -0.05) is 0 Å². The van der Waals surface area contributed by atoms with Crippen molar-refractivity contribution in [3.05, 3.63) is 40.8 Å². The molecule has 7 heteroatoms. The summed E-state index contributed by atoms with van der Waals surface area (Å²) in [5.41, 5.74) is 0.832. The van der Waals surface area contributed by atoms with E-state index in [2.05, 4.69) is 10.6 Å². The lowest BCUT2D eigenvalue weighted by Crippen LogP contribution is -2.26. The Kier molecular flexibility index (Phi) is 5.46. The fraction of sp³-hybridized carbons (Fsp3) is 0.368. The van der Waals surface area contributed by atoms with E-state index in [9.17, 15) is 9.59 Å². The van der Waals surface area contributed by atoms with E-state index in [1.165, 1.54) is 11.3 Å². The van der Waals surface area contributed by atoms with E-state index in [-0.39, 0.29) is 23.8 Å². The summed E-state index contributed by atoms with van der Waals surface area (Å²) in [4.78, 5) is 24.9. The highest BCUT2D eigenvalue weighted by atomic mass is 32.1. The summed E-state index contributed by atoms with van der Waals surface area (Å²) >= 11 is 1.27. The Morgan fingerprint density at radius 1 is 1.15 bits per heavy atom. The smallest absolute Gasteiger partial charge is 0.261 e. The van der Waals surface area contributed by atoms with Crippen LogP contribution in [0.5, 0.6) is 11.5 Å². The number of benzene rings is 1. The van der Waals surface area contributed by atoms with Crippen LogP contribution in [-0.2, 0) is 4.79 Å². The van der Waals surface area contributed by atoms with Crippen LogP contribution in [0.15, 0.2) is 30.3 Å². The van der Waals surface area contributed by atoms with Crippen molar-refractivity contribution in [1.29, 1.82) is 0 Å². The molecule has 0 bridgehead atoms. The third-order valence-electron chi connectivity index (χ3n) is 4.28. The number of rotatable bonds is 7. The van der Waals surface area contributed by atoms with E-state index >= 15 is 0 Å². The lowest BCUT2D eigenvalue weighted by molar-refractivity contribution is -0.117. The number of amides is 2. The maximum absolute atomic E-state index is 12.5. The van der Waals surface area contributed by atoms with Crippen LogP contribution in [0.1, 0.15) is 41.0 Å². The minimum absolute atomic E-state index is 0.0355. The van der Waals surface area contributed by atoms with Gasteiger partial charge < -0.3 is 20.1 Å². The molecular weight excluding hydrogens is 352 g/mol. The molecule has 1 aliphatic rings. The molecule has 1 atom stereocenters. The van der Waals surface area contributed by atoms with Crippen LogP contribution in [0.2, 0.25) is 0 Å². The Hall–Kier alpha value is -2.54. The lowest BCUT2D eigenvalue weighted by Gasteiger charge is -2.18. The van der Waals surface area contributed by atoms with Crippen LogP contribution < -0.4 is 20.1 Å². The number of hydrogen-bond donors (Lipinski definition) is 2. The number of hydrogen-bond acceptors (Lipinski definition) is 5. The van der Waals surface area contributed by atoms with Crippen molar-refractivity contribution < 1.29 is 19.1 Å². The Bertz CT molecular complexity index is 814. The van der Waals surface area contributed by atoms with Gasteiger partial charge in [0.2, 0.25) is 5.91 Å². The van der Waals surface area contributed by atoms with Crippen LogP contribution >= 0.6 is 11.3 Å². The van der Waals surface area contributed by atoms with E-state index in [0.29, 0.717) is 21.4 Å². The van der Waals surface area contributed by atoms with Gasteiger partial charge in [0.1, 0.15) is 11.5 Å². The molecule has 1 unspecified atom stereocenters. The van der Waals surface area contributed by atoms with E-state index in [0.717, 1.165) is 18.4 Å². The molecule has 3 rings (SSSR count). The molecule has 2 aromatic rings. The van der Waals surface area contributed by atoms with Gasteiger partial charge in [0.15, 0.2) is 0 Å². The molecule has 6 nitrogen and oxygen atoms in total. The molecule has 2 N–H and O–H groups in total. The molecule has 0 saturated heterocycles. The van der Waals surface area contributed by atoms with Crippen molar-refractivity contribution in [2.24, 2.45) is 5.92 Å². The second-order valence-corrected chi connectivity index (χ2v) is 7.31. The molecule has 0 aliphatic heterocycles. The van der Waals surface area contributed by atoms with Gasteiger partial charge in [-0.2, -0.15) is 0 Å². The standard InChI is InChI=1S/C19H22N2O4S/c1-11(14-10-13(24-2)6-7-15(14)25-3)20-19(23)16-8-9-17(26-16)21-18(22)12-4-5-12/h6-12H,4-5H2,1-3H3,(H,20,23)(H,21,22). The largest absolute Gasteiger partial charge is 0.497 e. The molecule has 2 amide bonds. The predicted molar refractivity (Wildman–Crippen MR) is 101 cm³/mol. The summed E-state index contributed by atoms with van der Waals surface area (Å²) in [6.45, 7) is 1.89. The molecular formula is C19H22N2O4S. The van der Waals surface area contributed by atoms with Gasteiger partial charge in [0, 0.05) is 11.5 Å². The second-order valence-electron chi connectivity index (χ2n) is 6.23. The molecule has 1 heterocycles. The predicted octanol–water partition coefficient (Wildman–Crippen LogP) is 3.60. The Labute approximate surface area is 156 Å². The average Bonchev–Trinajstić information content (AvgIpc) is 3.40. The molecule has 138 valence electrons. The van der Waals surface area contributed by atoms with Gasteiger partial charge >= 0.3 is 0 Å². The first kappa shape index (κ1) is 18.3. The summed E-state index contributed by atoms with van der Waals surface area (Å²) in [7, 11) is 3.19. The Morgan fingerprint density at radius 3 is 2.58 bits per heavy atom. The highest BCUT2D eigenvalue weighted by Crippen LogP contribution is 2.32. The number of nitrogens with one attached hydrogen (secondary N) is 2. The van der Waals surface area contributed by atoms with E-state index < -0.39 is 0 Å². The van der Waals surface area contributed by atoms with Crippen molar-refractivity contribution in [1.82, 2.24) is 5.32 Å². The fourth-order valence-electron chi connectivity index (χ4n) is 2.62. The third kappa shape index (κ3) is 4.16. The molecule has 1 aromatic heterocycles. The van der Waals surface area contributed by atoms with E-state index in [1.807, 2.05) is 25.1 Å². The first-order valence-electron chi connectivity index (χ1n) is 8.45. The van der Waals surface area contributed by atoms with Crippen molar-refractivity contribution >= 4 is 28.2 Å². The second kappa shape index (κ2) is 7.78. The number of anilines is 1. The van der Waals surface area contributed by atoms with Gasteiger partial charge in [-0.05, 0) is 50.1 Å². The topological polar surface area (TPSA) is 76.7 Å². The number of carbonyl (C=O) groups is 2. The highest BCUT2D eigenvalue weighted by Gasteiger charge is 2.30. The Balaban J connectivity index is 1.67. The van der Waals surface area contributed by atoms with Crippen molar-refractivity contribution in [2.75, 3.05) is 19.5 Å². The number of carbonyl (C=O) groups excluding carboxylic acids is 2. The van der Waals surface area contributed by atoms with Crippen LogP contribution in [0.4, 0.5) is 5.00 Å². The van der Waals surface area contributed by atoms with Crippen molar-refractivity contribution in [3.8, 4) is 11.5 Å². The monoisotopic (exact) mass is 374 g/mol. The summed E-state index contributed by atoms with van der Waals surface area (Å²) < 4.78 is 10.6. The summed E-state index contributed by atoms with van der Waals surface area (Å²) in [6.07, 6.45) is 1.90. The molecule has 1 aliphatic carbocycles. The maximum Gasteiger partial charge on any atom is 0.261 e. The number of thiophene rings is 1.